The molecule has 0 amide bonds. The van der Waals surface area contributed by atoms with Crippen LogP contribution in [0.25, 0.3) is 0 Å². The number of hydrogen-bond acceptors (Lipinski definition) is 0. The summed E-state index contributed by atoms with van der Waals surface area (Å²) in [4.78, 5) is 0. The van der Waals surface area contributed by atoms with Gasteiger partial charge in [0.1, 0.15) is 0 Å². The summed E-state index contributed by atoms with van der Waals surface area (Å²) >= 11 is 0. The predicted molar refractivity (Wildman–Crippen MR) is 77.0 cm³/mol. The molecule has 0 radical (unpaired) electrons. The van der Waals surface area contributed by atoms with E-state index in [1.165, 1.54) is 11.1 Å². The highest BCUT2D eigenvalue weighted by Gasteiger charge is 2.11. The molecule has 0 spiro atoms. The molecule has 0 aromatic heterocycles. The van der Waals surface area contributed by atoms with Gasteiger partial charge in [0.15, 0.2) is 0 Å². The summed E-state index contributed by atoms with van der Waals surface area (Å²) in [6.07, 6.45) is 9.38. The van der Waals surface area contributed by atoms with Crippen LogP contribution >= 0.6 is 0 Å². The van der Waals surface area contributed by atoms with E-state index in [0.717, 1.165) is 12.8 Å². The molecule has 17 heavy (non-hydrogen) atoms. The maximum atomic E-state index is 2.42. The number of rotatable bonds is 3. The van der Waals surface area contributed by atoms with Crippen LogP contribution in [0.4, 0.5) is 0 Å². The molecule has 0 fully saturated rings. The molecule has 0 heteroatoms. The Morgan fingerprint density at radius 3 is 2.29 bits per heavy atom. The predicted octanol–water partition coefficient (Wildman–Crippen LogP) is 5.02. The molecule has 1 aromatic rings. The van der Waals surface area contributed by atoms with E-state index in [-0.39, 0.29) is 7.43 Å². The molecule has 0 aliphatic heterocycles. The van der Waals surface area contributed by atoms with Crippen molar-refractivity contribution in [2.24, 2.45) is 11.8 Å². The van der Waals surface area contributed by atoms with Crippen molar-refractivity contribution in [3.63, 3.8) is 0 Å². The van der Waals surface area contributed by atoms with Crippen LogP contribution in [0.3, 0.4) is 0 Å². The lowest BCUT2D eigenvalue weighted by atomic mass is 9.87. The van der Waals surface area contributed by atoms with Crippen molar-refractivity contribution < 1.29 is 0 Å². The molecule has 0 saturated heterocycles. The topological polar surface area (TPSA) is 0 Å². The summed E-state index contributed by atoms with van der Waals surface area (Å²) in [7, 11) is 0. The van der Waals surface area contributed by atoms with E-state index in [9.17, 15) is 0 Å². The molecule has 0 saturated carbocycles. The van der Waals surface area contributed by atoms with Gasteiger partial charge < -0.3 is 0 Å². The molecular formula is C17H24. The van der Waals surface area contributed by atoms with Crippen molar-refractivity contribution in [1.29, 1.82) is 0 Å². The van der Waals surface area contributed by atoms with Crippen LogP contribution in [-0.4, -0.2) is 0 Å². The number of aryl methyl sites for hydroxylation is 1. The molecule has 92 valence electrons. The zero-order valence-corrected chi connectivity index (χ0v) is 10.2. The van der Waals surface area contributed by atoms with E-state index < -0.39 is 0 Å². The summed E-state index contributed by atoms with van der Waals surface area (Å²) in [6, 6.07) is 10.7. The molecule has 2 atom stereocenters. The summed E-state index contributed by atoms with van der Waals surface area (Å²) in [5, 5.41) is 0. The third kappa shape index (κ3) is 3.89. The Morgan fingerprint density at radius 2 is 1.65 bits per heavy atom. The van der Waals surface area contributed by atoms with Crippen LogP contribution < -0.4 is 0 Å². The normalized spacial score (nSPS) is 22.8. The van der Waals surface area contributed by atoms with Crippen molar-refractivity contribution in [3.05, 3.63) is 59.7 Å². The lowest BCUT2D eigenvalue weighted by Gasteiger charge is -2.19. The highest BCUT2D eigenvalue weighted by molar-refractivity contribution is 5.26. The van der Waals surface area contributed by atoms with Crippen LogP contribution in [0, 0.1) is 11.8 Å². The van der Waals surface area contributed by atoms with Crippen molar-refractivity contribution in [3.8, 4) is 0 Å². The zero-order chi connectivity index (χ0) is 11.4. The Labute approximate surface area is 106 Å². The number of benzene rings is 1. The third-order valence-corrected chi connectivity index (χ3v) is 3.47. The Hall–Kier alpha value is -1.30. The number of allylic oxidation sites excluding steroid dienone is 4. The van der Waals surface area contributed by atoms with Gasteiger partial charge in [-0.15, -0.1) is 0 Å². The fourth-order valence-corrected chi connectivity index (χ4v) is 2.10. The second kappa shape index (κ2) is 6.44. The first kappa shape index (κ1) is 13.8. The molecular weight excluding hydrogens is 204 g/mol. The van der Waals surface area contributed by atoms with Gasteiger partial charge in [0, 0.05) is 0 Å². The zero-order valence-electron chi connectivity index (χ0n) is 10.2. The molecule has 2 unspecified atom stereocenters. The highest BCUT2D eigenvalue weighted by atomic mass is 14.2. The van der Waals surface area contributed by atoms with Crippen molar-refractivity contribution in [1.82, 2.24) is 0 Å². The Morgan fingerprint density at radius 1 is 0.941 bits per heavy atom. The van der Waals surface area contributed by atoms with E-state index in [1.807, 2.05) is 0 Å². The van der Waals surface area contributed by atoms with E-state index in [0.29, 0.717) is 11.8 Å². The summed E-state index contributed by atoms with van der Waals surface area (Å²) in [5.74, 6) is 1.39. The average Bonchev–Trinajstić information content (AvgIpc) is 2.32. The van der Waals surface area contributed by atoms with Crippen LogP contribution in [0.5, 0.6) is 0 Å². The lowest BCUT2D eigenvalue weighted by molar-refractivity contribution is 0.545. The van der Waals surface area contributed by atoms with Gasteiger partial charge in [0.25, 0.3) is 0 Å². The fourth-order valence-electron chi connectivity index (χ4n) is 2.10. The van der Waals surface area contributed by atoms with E-state index in [4.69, 9.17) is 0 Å². The molecule has 0 bridgehead atoms. The quantitative estimate of drug-likeness (QED) is 0.681. The number of hydrogen-bond donors (Lipinski definition) is 0. The molecule has 0 N–H and O–H groups in total. The summed E-state index contributed by atoms with van der Waals surface area (Å²) in [6.45, 7) is 4.59. The second-order valence-electron chi connectivity index (χ2n) is 4.80. The van der Waals surface area contributed by atoms with E-state index in [2.05, 4.69) is 62.4 Å². The first-order chi connectivity index (χ1) is 7.75. The first-order valence-electron chi connectivity index (χ1n) is 6.18. The maximum Gasteiger partial charge on any atom is -0.0196 e. The van der Waals surface area contributed by atoms with Gasteiger partial charge in [-0.3, -0.25) is 0 Å². The molecule has 1 aliphatic carbocycles. The minimum atomic E-state index is 0. The SMILES string of the molecule is C.CC1C=CC(CCc2ccccc2)=CC1C. The Balaban J connectivity index is 0.00000144. The molecule has 1 aromatic carbocycles. The van der Waals surface area contributed by atoms with Crippen LogP contribution in [-0.2, 0) is 6.42 Å². The minimum Gasteiger partial charge on any atom is -0.0809 e. The first-order valence-corrected chi connectivity index (χ1v) is 6.18. The summed E-state index contributed by atoms with van der Waals surface area (Å²) in [5.41, 5.74) is 2.93. The largest absolute Gasteiger partial charge is 0.0809 e. The van der Waals surface area contributed by atoms with Gasteiger partial charge in [-0.1, -0.05) is 75.4 Å². The van der Waals surface area contributed by atoms with Crippen molar-refractivity contribution in [2.75, 3.05) is 0 Å². The standard InChI is InChI=1S/C16H20.CH4/c1-13-8-9-16(12-14(13)2)11-10-15-6-4-3-5-7-15;/h3-9,12-14H,10-11H2,1-2H3;1H4. The van der Waals surface area contributed by atoms with Gasteiger partial charge in [-0.2, -0.15) is 0 Å². The second-order valence-corrected chi connectivity index (χ2v) is 4.80. The average molecular weight is 228 g/mol. The van der Waals surface area contributed by atoms with Gasteiger partial charge >= 0.3 is 0 Å². The van der Waals surface area contributed by atoms with Gasteiger partial charge in [0.05, 0.1) is 0 Å². The molecule has 0 nitrogen and oxygen atoms in total. The van der Waals surface area contributed by atoms with Crippen molar-refractivity contribution >= 4 is 0 Å². The Bertz CT molecular complexity index is 384. The third-order valence-electron chi connectivity index (χ3n) is 3.47. The highest BCUT2D eigenvalue weighted by Crippen LogP contribution is 2.24. The monoisotopic (exact) mass is 228 g/mol. The van der Waals surface area contributed by atoms with E-state index >= 15 is 0 Å². The van der Waals surface area contributed by atoms with Crippen LogP contribution in [0.1, 0.15) is 33.3 Å². The molecule has 1 aliphatic rings. The van der Waals surface area contributed by atoms with Crippen molar-refractivity contribution in [2.45, 2.75) is 34.1 Å². The molecule has 0 heterocycles. The minimum absolute atomic E-state index is 0. The van der Waals surface area contributed by atoms with Gasteiger partial charge in [0.2, 0.25) is 0 Å². The fraction of sp³-hybridized carbons (Fsp3) is 0.412. The maximum absolute atomic E-state index is 2.42. The lowest BCUT2D eigenvalue weighted by Crippen LogP contribution is -2.07. The van der Waals surface area contributed by atoms with Gasteiger partial charge in [-0.25, -0.2) is 0 Å². The van der Waals surface area contributed by atoms with E-state index in [1.54, 1.807) is 0 Å². The molecule has 2 rings (SSSR count). The Kier molecular flexibility index (Phi) is 5.21. The summed E-state index contributed by atoms with van der Waals surface area (Å²) < 4.78 is 0. The van der Waals surface area contributed by atoms with Gasteiger partial charge in [-0.05, 0) is 30.2 Å². The van der Waals surface area contributed by atoms with Crippen LogP contribution in [0.2, 0.25) is 0 Å². The smallest absolute Gasteiger partial charge is 0.0196 e. The van der Waals surface area contributed by atoms with Crippen LogP contribution in [0.15, 0.2) is 54.1 Å².